The van der Waals surface area contributed by atoms with Crippen LogP contribution in [0.3, 0.4) is 0 Å². The molecule has 1 saturated carbocycles. The van der Waals surface area contributed by atoms with Gasteiger partial charge in [-0.1, -0.05) is 36.2 Å². The molecule has 1 aliphatic carbocycles. The van der Waals surface area contributed by atoms with Crippen LogP contribution < -0.4 is 0 Å². The van der Waals surface area contributed by atoms with E-state index in [0.29, 0.717) is 0 Å². The van der Waals surface area contributed by atoms with Crippen molar-refractivity contribution < 1.29 is 30.0 Å². The Hall–Kier alpha value is -3.03. The number of carbonyl (C=O) groups is 2. The largest absolute Gasteiger partial charge is 0.504 e. The van der Waals surface area contributed by atoms with Crippen LogP contribution in [0.1, 0.15) is 42.0 Å². The minimum absolute atomic E-state index is 0.00613. The Bertz CT molecular complexity index is 1000. The van der Waals surface area contributed by atoms with E-state index in [1.54, 1.807) is 12.1 Å². The summed E-state index contributed by atoms with van der Waals surface area (Å²) in [7, 11) is 0. The van der Waals surface area contributed by atoms with Gasteiger partial charge in [-0.25, -0.2) is 9.59 Å². The Balaban J connectivity index is 0.000000427. The fourth-order valence-electron chi connectivity index (χ4n) is 4.77. The fraction of sp³-hybridized carbons (Fsp3) is 0.333. The quantitative estimate of drug-likeness (QED) is 0.308. The Labute approximate surface area is 191 Å². The third-order valence-corrected chi connectivity index (χ3v) is 6.55. The summed E-state index contributed by atoms with van der Waals surface area (Å²) < 4.78 is 0. The van der Waals surface area contributed by atoms with Crippen LogP contribution in [-0.4, -0.2) is 50.4 Å². The van der Waals surface area contributed by atoms with Crippen LogP contribution in [-0.2, 0) is 21.4 Å². The molecule has 0 amide bonds. The Morgan fingerprint density at radius 1 is 1.09 bits per heavy atom. The first-order valence-electron chi connectivity index (χ1n) is 10.3. The highest BCUT2D eigenvalue weighted by atomic mass is 35.5. The van der Waals surface area contributed by atoms with Gasteiger partial charge in [-0.2, -0.15) is 0 Å². The Morgan fingerprint density at radius 2 is 1.69 bits per heavy atom. The summed E-state index contributed by atoms with van der Waals surface area (Å²) in [5.41, 5.74) is 3.56. The molecule has 4 rings (SSSR count). The van der Waals surface area contributed by atoms with E-state index in [1.807, 2.05) is 18.2 Å². The molecule has 1 aliphatic heterocycles. The molecule has 7 nitrogen and oxygen atoms in total. The number of phenolic OH excluding ortho intramolecular Hbond substituents is 2. The van der Waals surface area contributed by atoms with E-state index in [2.05, 4.69) is 23.6 Å². The van der Waals surface area contributed by atoms with E-state index < -0.39 is 11.9 Å². The average molecular weight is 460 g/mol. The van der Waals surface area contributed by atoms with Gasteiger partial charge in [-0.15, -0.1) is 6.58 Å². The number of phenols is 2. The SMILES string of the molecule is C=CCN1CCc2cc(O)c(O)cc2C1C1(c2ccc(Cl)cc2)CCC1.O=C(O)C(=O)O. The van der Waals surface area contributed by atoms with Gasteiger partial charge in [0.15, 0.2) is 11.5 Å². The van der Waals surface area contributed by atoms with Gasteiger partial charge >= 0.3 is 11.9 Å². The van der Waals surface area contributed by atoms with E-state index in [-0.39, 0.29) is 23.0 Å². The molecule has 1 heterocycles. The summed E-state index contributed by atoms with van der Waals surface area (Å²) in [4.78, 5) is 20.7. The molecule has 4 N–H and O–H groups in total. The molecule has 0 saturated heterocycles. The monoisotopic (exact) mass is 459 g/mol. The number of aromatic hydroxyl groups is 2. The van der Waals surface area contributed by atoms with Gasteiger partial charge in [-0.3, -0.25) is 4.90 Å². The van der Waals surface area contributed by atoms with Crippen molar-refractivity contribution in [2.45, 2.75) is 37.1 Å². The van der Waals surface area contributed by atoms with Gasteiger partial charge in [0, 0.05) is 29.6 Å². The molecule has 8 heteroatoms. The molecule has 2 aliphatic rings. The van der Waals surface area contributed by atoms with Gasteiger partial charge < -0.3 is 20.4 Å². The molecule has 2 aromatic carbocycles. The molecule has 32 heavy (non-hydrogen) atoms. The van der Waals surface area contributed by atoms with Gasteiger partial charge in [0.2, 0.25) is 0 Å². The van der Waals surface area contributed by atoms with E-state index in [4.69, 9.17) is 31.4 Å². The van der Waals surface area contributed by atoms with Crippen LogP contribution in [0, 0.1) is 0 Å². The normalized spacial score (nSPS) is 19.0. The van der Waals surface area contributed by atoms with Crippen LogP contribution in [0.25, 0.3) is 0 Å². The lowest BCUT2D eigenvalue weighted by molar-refractivity contribution is -0.159. The van der Waals surface area contributed by atoms with Crippen LogP contribution in [0.5, 0.6) is 11.5 Å². The van der Waals surface area contributed by atoms with Crippen molar-refractivity contribution in [3.63, 3.8) is 0 Å². The number of carboxylic acid groups (broad SMARTS) is 2. The predicted molar refractivity (Wildman–Crippen MR) is 120 cm³/mol. The van der Waals surface area contributed by atoms with Gasteiger partial charge in [0.05, 0.1) is 0 Å². The molecule has 0 aromatic heterocycles. The van der Waals surface area contributed by atoms with Crippen molar-refractivity contribution in [3.05, 3.63) is 70.8 Å². The lowest BCUT2D eigenvalue weighted by Gasteiger charge is -2.54. The zero-order valence-electron chi connectivity index (χ0n) is 17.5. The Morgan fingerprint density at radius 3 is 2.19 bits per heavy atom. The highest BCUT2D eigenvalue weighted by Gasteiger charge is 2.50. The first-order valence-corrected chi connectivity index (χ1v) is 10.7. The minimum Gasteiger partial charge on any atom is -0.504 e. The average Bonchev–Trinajstić information content (AvgIpc) is 2.71. The molecule has 0 radical (unpaired) electrons. The summed E-state index contributed by atoms with van der Waals surface area (Å²) in [5, 5.41) is 35.7. The molecule has 2 aromatic rings. The number of carboxylic acids is 2. The molecule has 1 fully saturated rings. The highest BCUT2D eigenvalue weighted by Crippen LogP contribution is 2.56. The number of benzene rings is 2. The number of hydrogen-bond donors (Lipinski definition) is 4. The summed E-state index contributed by atoms with van der Waals surface area (Å²) >= 11 is 6.12. The third-order valence-electron chi connectivity index (χ3n) is 6.30. The predicted octanol–water partition coefficient (Wildman–Crippen LogP) is 4.11. The second kappa shape index (κ2) is 9.63. The Kier molecular flexibility index (Phi) is 7.11. The minimum atomic E-state index is -1.82. The van der Waals surface area contributed by atoms with Crippen molar-refractivity contribution in [3.8, 4) is 11.5 Å². The molecular weight excluding hydrogens is 434 g/mol. The van der Waals surface area contributed by atoms with Gasteiger partial charge in [-0.05, 0) is 60.2 Å². The number of hydrogen-bond acceptors (Lipinski definition) is 5. The zero-order chi connectivity index (χ0) is 23.5. The molecule has 1 unspecified atom stereocenters. The third kappa shape index (κ3) is 4.59. The lowest BCUT2D eigenvalue weighted by Crippen LogP contribution is -2.51. The van der Waals surface area contributed by atoms with Crippen LogP contribution in [0.4, 0.5) is 0 Å². The molecule has 1 atom stereocenters. The van der Waals surface area contributed by atoms with E-state index in [1.165, 1.54) is 12.0 Å². The topological polar surface area (TPSA) is 118 Å². The summed E-state index contributed by atoms with van der Waals surface area (Å²) in [5.74, 6) is -3.72. The van der Waals surface area contributed by atoms with Crippen molar-refractivity contribution in [2.75, 3.05) is 13.1 Å². The van der Waals surface area contributed by atoms with Gasteiger partial charge in [0.1, 0.15) is 0 Å². The second-order valence-corrected chi connectivity index (χ2v) is 8.54. The summed E-state index contributed by atoms with van der Waals surface area (Å²) in [6.45, 7) is 5.67. The van der Waals surface area contributed by atoms with Crippen molar-refractivity contribution in [2.24, 2.45) is 0 Å². The maximum atomic E-state index is 10.2. The molecule has 0 bridgehead atoms. The maximum absolute atomic E-state index is 10.2. The standard InChI is InChI=1S/C22H24ClNO2.C2H2O4/c1-2-11-24-12-8-15-13-19(25)20(26)14-18(15)21(24)22(9-3-10-22)16-4-6-17(23)7-5-16;3-1(4)2(5)6/h2,4-7,13-14,21,25-26H,1,3,8-12H2;(H,3,4)(H,5,6). The number of rotatable bonds is 4. The number of halogens is 1. The lowest BCUT2D eigenvalue weighted by atomic mass is 9.57. The van der Waals surface area contributed by atoms with E-state index in [0.717, 1.165) is 48.5 Å². The zero-order valence-corrected chi connectivity index (χ0v) is 18.3. The number of fused-ring (bicyclic) bond motifs is 1. The smallest absolute Gasteiger partial charge is 0.414 e. The first-order chi connectivity index (χ1) is 15.2. The van der Waals surface area contributed by atoms with Crippen molar-refractivity contribution >= 4 is 23.5 Å². The van der Waals surface area contributed by atoms with E-state index in [9.17, 15) is 10.2 Å². The number of nitrogens with zero attached hydrogens (tertiary/aromatic N) is 1. The molecular formula is C24H26ClNO6. The highest BCUT2D eigenvalue weighted by molar-refractivity contribution is 6.30. The molecule has 0 spiro atoms. The van der Waals surface area contributed by atoms with Crippen LogP contribution in [0.15, 0.2) is 49.1 Å². The van der Waals surface area contributed by atoms with Crippen LogP contribution >= 0.6 is 11.6 Å². The van der Waals surface area contributed by atoms with E-state index >= 15 is 0 Å². The fourth-order valence-corrected chi connectivity index (χ4v) is 4.89. The van der Waals surface area contributed by atoms with Crippen LogP contribution in [0.2, 0.25) is 5.02 Å². The van der Waals surface area contributed by atoms with Gasteiger partial charge in [0.25, 0.3) is 0 Å². The number of aliphatic carboxylic acids is 2. The first kappa shape index (κ1) is 23.6. The van der Waals surface area contributed by atoms with Crippen molar-refractivity contribution in [1.82, 2.24) is 4.90 Å². The summed E-state index contributed by atoms with van der Waals surface area (Å²) in [6.07, 6.45) is 6.22. The maximum Gasteiger partial charge on any atom is 0.414 e. The summed E-state index contributed by atoms with van der Waals surface area (Å²) in [6, 6.07) is 11.9. The van der Waals surface area contributed by atoms with Crippen molar-refractivity contribution in [1.29, 1.82) is 0 Å². The second-order valence-electron chi connectivity index (χ2n) is 8.10. The molecule has 170 valence electrons.